The molecule has 0 unspecified atom stereocenters. The summed E-state index contributed by atoms with van der Waals surface area (Å²) in [6, 6.07) is 19.7. The molecule has 4 heteroatoms. The fourth-order valence-corrected chi connectivity index (χ4v) is 2.82. The van der Waals surface area contributed by atoms with Gasteiger partial charge in [0, 0.05) is 31.7 Å². The Bertz CT molecular complexity index is 622. The normalized spacial score (nSPS) is 16.2. The van der Waals surface area contributed by atoms with Crippen molar-refractivity contribution in [1.29, 1.82) is 0 Å². The van der Waals surface area contributed by atoms with Crippen molar-refractivity contribution in [1.82, 2.24) is 14.9 Å². The third kappa shape index (κ3) is 3.97. The van der Waals surface area contributed by atoms with E-state index in [0.29, 0.717) is 6.54 Å². The molecule has 2 aromatic carbocycles. The molecule has 23 heavy (non-hydrogen) atoms. The predicted molar refractivity (Wildman–Crippen MR) is 91.8 cm³/mol. The second kappa shape index (κ2) is 7.40. The molecular formula is C19H23N3O. The van der Waals surface area contributed by atoms with E-state index in [2.05, 4.69) is 29.1 Å². The van der Waals surface area contributed by atoms with Gasteiger partial charge in [-0.05, 0) is 24.7 Å². The van der Waals surface area contributed by atoms with E-state index in [1.165, 1.54) is 0 Å². The third-order valence-corrected chi connectivity index (χ3v) is 4.25. The van der Waals surface area contributed by atoms with Gasteiger partial charge in [0.25, 0.3) is 5.91 Å². The number of carbonyl (C=O) groups excluding carboxylic acids is 1. The summed E-state index contributed by atoms with van der Waals surface area (Å²) in [7, 11) is 2.12. The highest BCUT2D eigenvalue weighted by Crippen LogP contribution is 2.15. The molecule has 0 spiro atoms. The van der Waals surface area contributed by atoms with Crippen molar-refractivity contribution >= 4 is 5.91 Å². The van der Waals surface area contributed by atoms with Crippen molar-refractivity contribution in [3.05, 3.63) is 71.8 Å². The van der Waals surface area contributed by atoms with Crippen LogP contribution in [0.25, 0.3) is 0 Å². The molecule has 0 N–H and O–H groups in total. The van der Waals surface area contributed by atoms with E-state index >= 15 is 0 Å². The Hall–Kier alpha value is -2.17. The van der Waals surface area contributed by atoms with Crippen LogP contribution < -0.4 is 0 Å². The lowest BCUT2D eigenvalue weighted by molar-refractivity contribution is -0.0389. The number of hydrazine groups is 1. The van der Waals surface area contributed by atoms with Gasteiger partial charge in [-0.1, -0.05) is 48.5 Å². The number of nitrogens with zero attached hydrogens (tertiary/aromatic N) is 3. The first-order valence-corrected chi connectivity index (χ1v) is 8.08. The number of hydrogen-bond donors (Lipinski definition) is 0. The minimum Gasteiger partial charge on any atom is -0.304 e. The van der Waals surface area contributed by atoms with Crippen molar-refractivity contribution in [3.63, 3.8) is 0 Å². The van der Waals surface area contributed by atoms with E-state index in [1.54, 1.807) is 0 Å². The Morgan fingerprint density at radius 3 is 2.09 bits per heavy atom. The van der Waals surface area contributed by atoms with E-state index in [1.807, 2.05) is 53.5 Å². The minimum absolute atomic E-state index is 0.0685. The van der Waals surface area contributed by atoms with Crippen molar-refractivity contribution in [2.45, 2.75) is 6.54 Å². The van der Waals surface area contributed by atoms with E-state index in [-0.39, 0.29) is 5.91 Å². The van der Waals surface area contributed by atoms with Crippen LogP contribution in [0.2, 0.25) is 0 Å². The maximum Gasteiger partial charge on any atom is 0.268 e. The number of benzene rings is 2. The molecule has 1 aliphatic heterocycles. The fourth-order valence-electron chi connectivity index (χ4n) is 2.82. The summed E-state index contributed by atoms with van der Waals surface area (Å²) in [5, 5.41) is 4.08. The van der Waals surface area contributed by atoms with Gasteiger partial charge in [-0.2, -0.15) is 0 Å². The van der Waals surface area contributed by atoms with E-state index < -0.39 is 0 Å². The number of hydrogen-bond acceptors (Lipinski definition) is 3. The predicted octanol–water partition coefficient (Wildman–Crippen LogP) is 2.49. The van der Waals surface area contributed by atoms with Crippen LogP contribution in [0.1, 0.15) is 15.9 Å². The molecule has 120 valence electrons. The van der Waals surface area contributed by atoms with Crippen LogP contribution in [-0.2, 0) is 6.54 Å². The van der Waals surface area contributed by atoms with E-state index in [9.17, 15) is 4.79 Å². The first-order valence-electron chi connectivity index (χ1n) is 8.08. The van der Waals surface area contributed by atoms with Crippen molar-refractivity contribution < 1.29 is 4.79 Å². The van der Waals surface area contributed by atoms with Crippen LogP contribution in [0, 0.1) is 0 Å². The zero-order valence-electron chi connectivity index (χ0n) is 13.6. The molecule has 2 aromatic rings. The van der Waals surface area contributed by atoms with Gasteiger partial charge in [0.05, 0.1) is 6.54 Å². The summed E-state index contributed by atoms with van der Waals surface area (Å²) in [6.07, 6.45) is 0. The van der Waals surface area contributed by atoms with Crippen molar-refractivity contribution in [3.8, 4) is 0 Å². The van der Waals surface area contributed by atoms with E-state index in [0.717, 1.165) is 37.3 Å². The molecule has 4 nitrogen and oxygen atoms in total. The number of piperazine rings is 1. The fraction of sp³-hybridized carbons (Fsp3) is 0.316. The molecule has 1 fully saturated rings. The molecular weight excluding hydrogens is 286 g/mol. The highest BCUT2D eigenvalue weighted by Gasteiger charge is 2.25. The van der Waals surface area contributed by atoms with E-state index in [4.69, 9.17) is 0 Å². The van der Waals surface area contributed by atoms with Crippen LogP contribution in [0.3, 0.4) is 0 Å². The van der Waals surface area contributed by atoms with Crippen LogP contribution in [-0.4, -0.2) is 54.1 Å². The molecule has 0 saturated carbocycles. The standard InChI is InChI=1S/C19H23N3O/c1-20-12-14-21(15-13-20)22(16-17-8-4-2-5-9-17)19(23)18-10-6-3-7-11-18/h2-11H,12-16H2,1H3. The van der Waals surface area contributed by atoms with Crippen LogP contribution in [0.15, 0.2) is 60.7 Å². The van der Waals surface area contributed by atoms with Crippen molar-refractivity contribution in [2.75, 3.05) is 33.2 Å². The summed E-state index contributed by atoms with van der Waals surface area (Å²) >= 11 is 0. The number of likely N-dealkylation sites (N-methyl/N-ethyl adjacent to an activating group) is 1. The maximum absolute atomic E-state index is 13.0. The van der Waals surface area contributed by atoms with Gasteiger partial charge in [-0.15, -0.1) is 0 Å². The third-order valence-electron chi connectivity index (χ3n) is 4.25. The van der Waals surface area contributed by atoms with Crippen LogP contribution >= 0.6 is 0 Å². The van der Waals surface area contributed by atoms with Gasteiger partial charge >= 0.3 is 0 Å². The van der Waals surface area contributed by atoms with Crippen LogP contribution in [0.4, 0.5) is 0 Å². The van der Waals surface area contributed by atoms with Gasteiger partial charge in [0.1, 0.15) is 0 Å². The maximum atomic E-state index is 13.0. The SMILES string of the molecule is CN1CCN(N(Cc2ccccc2)C(=O)c2ccccc2)CC1. The Labute approximate surface area is 137 Å². The summed E-state index contributed by atoms with van der Waals surface area (Å²) in [5.74, 6) is 0.0685. The topological polar surface area (TPSA) is 26.8 Å². The molecule has 0 bridgehead atoms. The molecule has 1 heterocycles. The lowest BCUT2D eigenvalue weighted by Crippen LogP contribution is -2.54. The van der Waals surface area contributed by atoms with Crippen LogP contribution in [0.5, 0.6) is 0 Å². The smallest absolute Gasteiger partial charge is 0.268 e. The number of rotatable bonds is 4. The second-order valence-electron chi connectivity index (χ2n) is 5.97. The lowest BCUT2D eigenvalue weighted by Gasteiger charge is -2.40. The molecule has 0 aliphatic carbocycles. The summed E-state index contributed by atoms with van der Waals surface area (Å²) in [4.78, 5) is 15.3. The number of carbonyl (C=O) groups is 1. The largest absolute Gasteiger partial charge is 0.304 e. The molecule has 0 atom stereocenters. The average Bonchev–Trinajstić information content (AvgIpc) is 2.62. The van der Waals surface area contributed by atoms with Gasteiger partial charge in [0.2, 0.25) is 0 Å². The molecule has 1 amide bonds. The lowest BCUT2D eigenvalue weighted by atomic mass is 10.2. The Morgan fingerprint density at radius 1 is 0.913 bits per heavy atom. The van der Waals surface area contributed by atoms with Gasteiger partial charge in [-0.3, -0.25) is 9.80 Å². The zero-order chi connectivity index (χ0) is 16.1. The summed E-state index contributed by atoms with van der Waals surface area (Å²) in [6.45, 7) is 4.32. The summed E-state index contributed by atoms with van der Waals surface area (Å²) in [5.41, 5.74) is 1.89. The average molecular weight is 309 g/mol. The second-order valence-corrected chi connectivity index (χ2v) is 5.97. The highest BCUT2D eigenvalue weighted by atomic mass is 16.2. The van der Waals surface area contributed by atoms with Gasteiger partial charge in [-0.25, -0.2) is 5.01 Å². The first-order chi connectivity index (χ1) is 11.2. The number of amides is 1. The Morgan fingerprint density at radius 2 is 1.48 bits per heavy atom. The van der Waals surface area contributed by atoms with Gasteiger partial charge < -0.3 is 4.90 Å². The van der Waals surface area contributed by atoms with Crippen molar-refractivity contribution in [2.24, 2.45) is 0 Å². The molecule has 0 radical (unpaired) electrons. The first kappa shape index (κ1) is 15.7. The zero-order valence-corrected chi connectivity index (χ0v) is 13.6. The molecule has 0 aromatic heterocycles. The molecule has 3 rings (SSSR count). The Kier molecular flexibility index (Phi) is 5.05. The molecule has 1 aliphatic rings. The Balaban J connectivity index is 1.82. The highest BCUT2D eigenvalue weighted by molar-refractivity contribution is 5.93. The summed E-state index contributed by atoms with van der Waals surface area (Å²) < 4.78 is 0. The molecule has 1 saturated heterocycles. The van der Waals surface area contributed by atoms with Gasteiger partial charge in [0.15, 0.2) is 0 Å². The quantitative estimate of drug-likeness (QED) is 0.868. The minimum atomic E-state index is 0.0685. The monoisotopic (exact) mass is 309 g/mol.